The predicted molar refractivity (Wildman–Crippen MR) is 154 cm³/mol. The van der Waals surface area contributed by atoms with Crippen molar-refractivity contribution < 1.29 is 32.6 Å². The molecule has 4 rings (SSSR count). The number of aliphatic carboxylic acids is 1. The first-order valence-corrected chi connectivity index (χ1v) is 13.7. The Morgan fingerprint density at radius 1 is 1.07 bits per heavy atom. The van der Waals surface area contributed by atoms with E-state index in [1.54, 1.807) is 18.2 Å². The van der Waals surface area contributed by atoms with Gasteiger partial charge in [0.25, 0.3) is 5.91 Å². The first kappa shape index (κ1) is 32.5. The molecule has 0 radical (unpaired) electrons. The smallest absolute Gasteiger partial charge is 0.490 e. The van der Waals surface area contributed by atoms with Crippen LogP contribution >= 0.6 is 23.2 Å². The number of carboxylic acids is 1. The zero-order valence-corrected chi connectivity index (χ0v) is 24.2. The number of fused-ring (bicyclic) bond motifs is 1. The van der Waals surface area contributed by atoms with Gasteiger partial charge < -0.3 is 20.1 Å². The number of nitrogens with one attached hydrogen (secondary N) is 1. The van der Waals surface area contributed by atoms with Gasteiger partial charge in [0.2, 0.25) is 0 Å². The predicted octanol–water partition coefficient (Wildman–Crippen LogP) is 6.11. The van der Waals surface area contributed by atoms with Crippen molar-refractivity contribution in [2.24, 2.45) is 0 Å². The molecule has 0 saturated carbocycles. The Bertz CT molecular complexity index is 1350. The van der Waals surface area contributed by atoms with Gasteiger partial charge in [0, 0.05) is 43.2 Å². The molecule has 0 bridgehead atoms. The molecule has 1 amide bonds. The summed E-state index contributed by atoms with van der Waals surface area (Å²) in [6.07, 6.45) is -3.18. The maximum atomic E-state index is 12.6. The van der Waals surface area contributed by atoms with E-state index < -0.39 is 12.1 Å². The van der Waals surface area contributed by atoms with Crippen LogP contribution in [-0.2, 0) is 11.3 Å². The van der Waals surface area contributed by atoms with Gasteiger partial charge in [-0.05, 0) is 62.2 Å². The molecular weight excluding hydrogens is 582 g/mol. The van der Waals surface area contributed by atoms with Gasteiger partial charge in [0.15, 0.2) is 0 Å². The van der Waals surface area contributed by atoms with Crippen LogP contribution in [0.1, 0.15) is 28.8 Å². The lowest BCUT2D eigenvalue weighted by atomic mass is 10.0. The quantitative estimate of drug-likeness (QED) is 0.283. The van der Waals surface area contributed by atoms with Gasteiger partial charge in [-0.15, -0.1) is 0 Å². The molecule has 0 aliphatic carbocycles. The van der Waals surface area contributed by atoms with Crippen molar-refractivity contribution >= 4 is 45.9 Å². The summed E-state index contributed by atoms with van der Waals surface area (Å²) >= 11 is 12.0. The first-order valence-electron chi connectivity index (χ1n) is 12.9. The Labute approximate surface area is 246 Å². The number of carbonyl (C=O) groups is 2. The topological polar surface area (TPSA) is 82.1 Å². The van der Waals surface area contributed by atoms with Gasteiger partial charge >= 0.3 is 12.1 Å². The molecular formula is C29H32Cl2F3N3O4. The van der Waals surface area contributed by atoms with Crippen LogP contribution in [0.5, 0.6) is 5.75 Å². The average molecular weight is 614 g/mol. The van der Waals surface area contributed by atoms with E-state index in [4.69, 9.17) is 37.8 Å². The van der Waals surface area contributed by atoms with Crippen molar-refractivity contribution in [3.63, 3.8) is 0 Å². The van der Waals surface area contributed by atoms with Crippen molar-refractivity contribution in [1.29, 1.82) is 0 Å². The molecule has 0 spiro atoms. The second-order valence-electron chi connectivity index (χ2n) is 9.90. The second-order valence-corrected chi connectivity index (χ2v) is 10.7. The molecule has 1 atom stereocenters. The summed E-state index contributed by atoms with van der Waals surface area (Å²) in [5, 5.41) is 13.5. The van der Waals surface area contributed by atoms with Gasteiger partial charge in [-0.25, -0.2) is 4.79 Å². The summed E-state index contributed by atoms with van der Waals surface area (Å²) in [6, 6.07) is 17.8. The SMILES string of the molecule is CN(C)CCCOc1ccc(CN2CC[C@H](NC(=O)c3ccc(Cl)c(Cl)c3)C2)c2ccccc12.O=C(O)C(F)(F)F. The van der Waals surface area contributed by atoms with Gasteiger partial charge in [0.05, 0.1) is 16.7 Å². The molecule has 41 heavy (non-hydrogen) atoms. The van der Waals surface area contributed by atoms with E-state index in [1.165, 1.54) is 10.9 Å². The number of alkyl halides is 3. The van der Waals surface area contributed by atoms with E-state index in [1.807, 2.05) is 0 Å². The minimum atomic E-state index is -5.08. The molecule has 222 valence electrons. The number of benzene rings is 3. The van der Waals surface area contributed by atoms with E-state index in [-0.39, 0.29) is 11.9 Å². The fraction of sp³-hybridized carbons (Fsp3) is 0.379. The summed E-state index contributed by atoms with van der Waals surface area (Å²) in [5.41, 5.74) is 1.80. The van der Waals surface area contributed by atoms with Crippen LogP contribution in [0.3, 0.4) is 0 Å². The van der Waals surface area contributed by atoms with E-state index >= 15 is 0 Å². The Balaban J connectivity index is 0.000000587. The number of nitrogens with zero attached hydrogens (tertiary/aromatic N) is 2. The highest BCUT2D eigenvalue weighted by Gasteiger charge is 2.38. The summed E-state index contributed by atoms with van der Waals surface area (Å²) in [5.74, 6) is -1.94. The van der Waals surface area contributed by atoms with Crippen molar-refractivity contribution in [3.8, 4) is 5.75 Å². The van der Waals surface area contributed by atoms with Crippen LogP contribution in [-0.4, -0.2) is 79.3 Å². The van der Waals surface area contributed by atoms with Gasteiger partial charge in [-0.3, -0.25) is 9.69 Å². The molecule has 3 aromatic rings. The number of carbonyl (C=O) groups excluding carboxylic acids is 1. The number of likely N-dealkylation sites (tertiary alicyclic amines) is 1. The van der Waals surface area contributed by atoms with Gasteiger partial charge in [-0.2, -0.15) is 13.2 Å². The lowest BCUT2D eigenvalue weighted by Crippen LogP contribution is -2.37. The van der Waals surface area contributed by atoms with Crippen LogP contribution in [0.25, 0.3) is 10.8 Å². The number of ether oxygens (including phenoxy) is 1. The van der Waals surface area contributed by atoms with E-state index in [2.05, 4.69) is 65.6 Å². The van der Waals surface area contributed by atoms with Gasteiger partial charge in [-0.1, -0.05) is 53.5 Å². The first-order chi connectivity index (χ1) is 19.3. The summed E-state index contributed by atoms with van der Waals surface area (Å²) in [7, 11) is 4.15. The molecule has 1 aliphatic heterocycles. The fourth-order valence-corrected chi connectivity index (χ4v) is 4.70. The van der Waals surface area contributed by atoms with Gasteiger partial charge in [0.1, 0.15) is 5.75 Å². The molecule has 3 aromatic carbocycles. The van der Waals surface area contributed by atoms with E-state index in [0.29, 0.717) is 22.2 Å². The normalized spacial score (nSPS) is 15.5. The summed E-state index contributed by atoms with van der Waals surface area (Å²) in [6.45, 7) is 4.29. The molecule has 1 saturated heterocycles. The molecule has 1 fully saturated rings. The Kier molecular flexibility index (Phi) is 11.7. The lowest BCUT2D eigenvalue weighted by molar-refractivity contribution is -0.192. The average Bonchev–Trinajstić information content (AvgIpc) is 3.35. The third-order valence-corrected chi connectivity index (χ3v) is 7.15. The zero-order valence-electron chi connectivity index (χ0n) is 22.7. The highest BCUT2D eigenvalue weighted by molar-refractivity contribution is 6.42. The number of hydrogen-bond donors (Lipinski definition) is 2. The molecule has 12 heteroatoms. The number of carboxylic acid groups (broad SMARTS) is 1. The van der Waals surface area contributed by atoms with Crippen LogP contribution < -0.4 is 10.1 Å². The number of halogens is 5. The van der Waals surface area contributed by atoms with E-state index in [0.717, 1.165) is 50.2 Å². The van der Waals surface area contributed by atoms with Crippen LogP contribution in [0, 0.1) is 0 Å². The molecule has 2 N–H and O–H groups in total. The van der Waals surface area contributed by atoms with Crippen LogP contribution in [0.15, 0.2) is 54.6 Å². The molecule has 7 nitrogen and oxygen atoms in total. The molecule has 1 aliphatic rings. The minimum absolute atomic E-state index is 0.104. The zero-order chi connectivity index (χ0) is 30.2. The van der Waals surface area contributed by atoms with Crippen LogP contribution in [0.2, 0.25) is 10.0 Å². The third kappa shape index (κ3) is 9.78. The Morgan fingerprint density at radius 2 is 1.76 bits per heavy atom. The number of rotatable bonds is 9. The van der Waals surface area contributed by atoms with Crippen molar-refractivity contribution in [2.75, 3.05) is 40.3 Å². The Hall–Kier alpha value is -3.05. The minimum Gasteiger partial charge on any atom is -0.493 e. The molecule has 1 heterocycles. The monoisotopic (exact) mass is 613 g/mol. The molecule has 0 aromatic heterocycles. The molecule has 0 unspecified atom stereocenters. The third-order valence-electron chi connectivity index (χ3n) is 6.41. The maximum Gasteiger partial charge on any atom is 0.490 e. The highest BCUT2D eigenvalue weighted by atomic mass is 35.5. The number of hydrogen-bond acceptors (Lipinski definition) is 5. The van der Waals surface area contributed by atoms with Crippen molar-refractivity contribution in [3.05, 3.63) is 75.8 Å². The summed E-state index contributed by atoms with van der Waals surface area (Å²) in [4.78, 5) is 26.1. The van der Waals surface area contributed by atoms with Crippen LogP contribution in [0.4, 0.5) is 13.2 Å². The summed E-state index contributed by atoms with van der Waals surface area (Å²) < 4.78 is 37.8. The number of amides is 1. The Morgan fingerprint density at radius 3 is 2.39 bits per heavy atom. The van der Waals surface area contributed by atoms with E-state index in [9.17, 15) is 18.0 Å². The highest BCUT2D eigenvalue weighted by Crippen LogP contribution is 2.30. The maximum absolute atomic E-state index is 12.6. The standard InChI is InChI=1S/C27H31Cl2N3O2.C2HF3O2/c1-31(2)13-5-15-34-26-11-9-20(22-6-3-4-7-23(22)26)17-32-14-12-21(18-32)30-27(33)19-8-10-24(28)25(29)16-19;3-2(4,5)1(6)7/h3-4,6-11,16,21H,5,12-15,17-18H2,1-2H3,(H,30,33);(H,6,7)/t21-;/m0./s1. The van der Waals surface area contributed by atoms with Crippen molar-refractivity contribution in [2.45, 2.75) is 31.6 Å². The fourth-order valence-electron chi connectivity index (χ4n) is 4.40. The lowest BCUT2D eigenvalue weighted by Gasteiger charge is -2.19. The second kappa shape index (κ2) is 14.7. The van der Waals surface area contributed by atoms with Crippen molar-refractivity contribution in [1.82, 2.24) is 15.1 Å². The largest absolute Gasteiger partial charge is 0.493 e.